The standard InChI is InChI=1S/C29H43N5O3S/c1-11-37-21-16-18(13-12-17(21)2)24(29(6,7)8)32-26(33-38)25(30)31-20-15-14-19(28(3,4)5)22(23(20)35)27(36)34(9)10/h12-16,24,35,38H,11H2,1-10H3,(H2,30,31)(H,32,33)/t24-/m0/s1. The summed E-state index contributed by atoms with van der Waals surface area (Å²) in [5.74, 6) is 0.518. The Morgan fingerprint density at radius 1 is 1.16 bits per heavy atom. The number of aliphatic imine (C=N–C) groups is 2. The fraction of sp³-hybridized carbons (Fsp3) is 0.483. The predicted octanol–water partition coefficient (Wildman–Crippen LogP) is 5.71. The van der Waals surface area contributed by atoms with Gasteiger partial charge in [-0.25, -0.2) is 4.99 Å². The number of thiol groups is 1. The van der Waals surface area contributed by atoms with Crippen molar-refractivity contribution in [2.45, 2.75) is 66.8 Å². The molecule has 0 aliphatic rings. The number of amidine groups is 2. The van der Waals surface area contributed by atoms with Crippen molar-refractivity contribution in [2.24, 2.45) is 21.1 Å². The number of carbonyl (C=O) groups excluding carboxylic acids is 1. The van der Waals surface area contributed by atoms with Crippen LogP contribution in [-0.4, -0.2) is 48.3 Å². The van der Waals surface area contributed by atoms with Crippen LogP contribution in [0.2, 0.25) is 0 Å². The summed E-state index contributed by atoms with van der Waals surface area (Å²) >= 11 is 4.24. The van der Waals surface area contributed by atoms with E-state index in [1.165, 1.54) is 4.90 Å². The summed E-state index contributed by atoms with van der Waals surface area (Å²) in [4.78, 5) is 23.8. The summed E-state index contributed by atoms with van der Waals surface area (Å²) in [6.07, 6.45) is 0. The van der Waals surface area contributed by atoms with Crippen molar-refractivity contribution in [1.82, 2.24) is 9.62 Å². The van der Waals surface area contributed by atoms with E-state index in [0.717, 1.165) is 16.9 Å². The van der Waals surface area contributed by atoms with E-state index in [2.05, 4.69) is 43.3 Å². The lowest BCUT2D eigenvalue weighted by Crippen LogP contribution is -2.33. The Labute approximate surface area is 232 Å². The summed E-state index contributed by atoms with van der Waals surface area (Å²) in [5, 5.41) is 11.1. The molecule has 208 valence electrons. The van der Waals surface area contributed by atoms with Gasteiger partial charge in [0.2, 0.25) is 0 Å². The molecule has 0 heterocycles. The third kappa shape index (κ3) is 7.22. The average Bonchev–Trinajstić information content (AvgIpc) is 2.80. The Morgan fingerprint density at radius 3 is 2.29 bits per heavy atom. The van der Waals surface area contributed by atoms with E-state index in [1.807, 2.05) is 52.8 Å². The van der Waals surface area contributed by atoms with Gasteiger partial charge in [-0.1, -0.05) is 72.6 Å². The van der Waals surface area contributed by atoms with Gasteiger partial charge in [-0.05, 0) is 53.5 Å². The van der Waals surface area contributed by atoms with Crippen molar-refractivity contribution in [1.29, 1.82) is 0 Å². The fourth-order valence-electron chi connectivity index (χ4n) is 4.07. The largest absolute Gasteiger partial charge is 0.505 e. The van der Waals surface area contributed by atoms with Crippen LogP contribution in [0.25, 0.3) is 0 Å². The summed E-state index contributed by atoms with van der Waals surface area (Å²) < 4.78 is 8.56. The van der Waals surface area contributed by atoms with Crippen molar-refractivity contribution in [2.75, 3.05) is 20.7 Å². The zero-order valence-electron chi connectivity index (χ0n) is 24.3. The van der Waals surface area contributed by atoms with Crippen LogP contribution in [0.4, 0.5) is 5.69 Å². The second-order valence-corrected chi connectivity index (χ2v) is 11.8. The highest BCUT2D eigenvalue weighted by Crippen LogP contribution is 2.40. The number of nitrogens with one attached hydrogen (secondary N) is 1. The molecule has 8 nitrogen and oxygen atoms in total. The van der Waals surface area contributed by atoms with E-state index in [9.17, 15) is 9.90 Å². The normalized spacial score (nSPS) is 13.8. The van der Waals surface area contributed by atoms with Gasteiger partial charge in [0.05, 0.1) is 18.2 Å². The van der Waals surface area contributed by atoms with Gasteiger partial charge >= 0.3 is 0 Å². The number of phenols is 1. The highest BCUT2D eigenvalue weighted by atomic mass is 32.1. The van der Waals surface area contributed by atoms with Crippen LogP contribution < -0.4 is 15.2 Å². The number of hydrogen-bond donors (Lipinski definition) is 4. The third-order valence-electron chi connectivity index (χ3n) is 6.08. The summed E-state index contributed by atoms with van der Waals surface area (Å²) in [5.41, 5.74) is 8.80. The minimum Gasteiger partial charge on any atom is -0.505 e. The van der Waals surface area contributed by atoms with E-state index in [-0.39, 0.29) is 51.5 Å². The maximum atomic E-state index is 13.0. The lowest BCUT2D eigenvalue weighted by atomic mass is 9.82. The van der Waals surface area contributed by atoms with Crippen molar-refractivity contribution in [3.8, 4) is 11.5 Å². The molecule has 4 N–H and O–H groups in total. The van der Waals surface area contributed by atoms with Gasteiger partial charge in [0.25, 0.3) is 5.91 Å². The van der Waals surface area contributed by atoms with E-state index >= 15 is 0 Å². The average molecular weight is 542 g/mol. The molecule has 0 saturated heterocycles. The summed E-state index contributed by atoms with van der Waals surface area (Å²) in [6.45, 7) is 16.7. The predicted molar refractivity (Wildman–Crippen MR) is 160 cm³/mol. The molecule has 1 amide bonds. The molecule has 1 atom stereocenters. The molecule has 0 aliphatic heterocycles. The highest BCUT2D eigenvalue weighted by Gasteiger charge is 2.29. The Morgan fingerprint density at radius 2 is 1.79 bits per heavy atom. The monoisotopic (exact) mass is 541 g/mol. The lowest BCUT2D eigenvalue weighted by Gasteiger charge is -2.29. The zero-order valence-corrected chi connectivity index (χ0v) is 25.2. The number of carbonyl (C=O) groups is 1. The van der Waals surface area contributed by atoms with Crippen LogP contribution in [0.15, 0.2) is 40.3 Å². The van der Waals surface area contributed by atoms with E-state index in [1.54, 1.807) is 26.2 Å². The van der Waals surface area contributed by atoms with Gasteiger partial charge in [-0.15, -0.1) is 0 Å². The van der Waals surface area contributed by atoms with Crippen molar-refractivity contribution < 1.29 is 14.6 Å². The lowest BCUT2D eigenvalue weighted by molar-refractivity contribution is 0.0822. The van der Waals surface area contributed by atoms with E-state index < -0.39 is 0 Å². The van der Waals surface area contributed by atoms with Gasteiger partial charge in [-0.2, -0.15) is 0 Å². The maximum Gasteiger partial charge on any atom is 0.257 e. The first-order chi connectivity index (χ1) is 17.5. The maximum absolute atomic E-state index is 13.0. The number of aromatic hydroxyl groups is 1. The molecule has 0 fully saturated rings. The van der Waals surface area contributed by atoms with Gasteiger partial charge in [0.15, 0.2) is 17.4 Å². The number of rotatable bonds is 6. The number of ether oxygens (including phenoxy) is 1. The summed E-state index contributed by atoms with van der Waals surface area (Å²) in [6, 6.07) is 9.18. The van der Waals surface area contributed by atoms with Crippen LogP contribution >= 0.6 is 12.8 Å². The molecular formula is C29H43N5O3S. The van der Waals surface area contributed by atoms with Gasteiger partial charge in [0, 0.05) is 14.1 Å². The molecule has 2 aromatic rings. The molecule has 2 aromatic carbocycles. The Kier molecular flexibility index (Phi) is 9.88. The molecule has 0 aromatic heterocycles. The van der Waals surface area contributed by atoms with Crippen molar-refractivity contribution in [3.05, 3.63) is 52.6 Å². The first kappa shape index (κ1) is 31.0. The quantitative estimate of drug-likeness (QED) is 0.213. The van der Waals surface area contributed by atoms with Crippen LogP contribution in [0, 0.1) is 12.3 Å². The minimum atomic E-state index is -0.375. The zero-order chi connectivity index (χ0) is 29.0. The van der Waals surface area contributed by atoms with Crippen LogP contribution in [0.3, 0.4) is 0 Å². The highest BCUT2D eigenvalue weighted by molar-refractivity contribution is 7.78. The summed E-state index contributed by atoms with van der Waals surface area (Å²) in [7, 11) is 3.28. The Bertz CT molecular complexity index is 1220. The number of phenolic OH excluding ortho intramolecular Hbond substituents is 1. The molecular weight excluding hydrogens is 498 g/mol. The number of hydrogen-bond acceptors (Lipinski definition) is 6. The second-order valence-electron chi connectivity index (χ2n) is 11.6. The number of nitrogens with two attached hydrogens (primary N) is 1. The Balaban J connectivity index is 2.66. The van der Waals surface area contributed by atoms with Gasteiger partial charge in [0.1, 0.15) is 11.4 Å². The fourth-order valence-corrected chi connectivity index (χ4v) is 4.24. The SMILES string of the molecule is CCOc1cc([C@H](N=C(NS)C(N)=Nc2ccc(C(C)(C)C)c(C(=O)N(C)C)c2O)C(C)(C)C)ccc1C. The number of aryl methyl sites for hydroxylation is 1. The smallest absolute Gasteiger partial charge is 0.257 e. The molecule has 0 aliphatic carbocycles. The van der Waals surface area contributed by atoms with Crippen molar-refractivity contribution >= 4 is 36.1 Å². The molecule has 2 rings (SSSR count). The van der Waals surface area contributed by atoms with Crippen LogP contribution in [0.1, 0.15) is 81.6 Å². The number of amides is 1. The first-order valence-corrected chi connectivity index (χ1v) is 13.1. The third-order valence-corrected chi connectivity index (χ3v) is 6.29. The van der Waals surface area contributed by atoms with Gasteiger partial charge in [-0.3, -0.25) is 9.79 Å². The molecule has 0 unspecified atom stereocenters. The second kappa shape index (κ2) is 12.1. The van der Waals surface area contributed by atoms with E-state index in [0.29, 0.717) is 12.2 Å². The van der Waals surface area contributed by atoms with E-state index in [4.69, 9.17) is 15.5 Å². The first-order valence-electron chi connectivity index (χ1n) is 12.7. The molecule has 0 spiro atoms. The Hall–Kier alpha value is -3.20. The molecule has 9 heteroatoms. The molecule has 0 bridgehead atoms. The van der Waals surface area contributed by atoms with Gasteiger partial charge < -0.3 is 25.2 Å². The number of benzene rings is 2. The number of nitrogens with zero attached hydrogens (tertiary/aromatic N) is 3. The van der Waals surface area contributed by atoms with Crippen molar-refractivity contribution in [3.63, 3.8) is 0 Å². The van der Waals surface area contributed by atoms with Crippen LogP contribution in [0.5, 0.6) is 11.5 Å². The molecule has 0 radical (unpaired) electrons. The van der Waals surface area contributed by atoms with Crippen LogP contribution in [-0.2, 0) is 5.41 Å². The minimum absolute atomic E-state index is 0.0217. The molecule has 38 heavy (non-hydrogen) atoms. The topological polar surface area (TPSA) is 113 Å². The molecule has 0 saturated carbocycles.